The number of halogens is 2. The van der Waals surface area contributed by atoms with Crippen LogP contribution in [0.1, 0.15) is 20.3 Å². The monoisotopic (exact) mass is 423 g/mol. The van der Waals surface area contributed by atoms with Gasteiger partial charge in [-0.2, -0.15) is 0 Å². The summed E-state index contributed by atoms with van der Waals surface area (Å²) in [6.45, 7) is 5.33. The lowest BCUT2D eigenvalue weighted by molar-refractivity contribution is 0.573. The molecule has 1 aromatic rings. The summed E-state index contributed by atoms with van der Waals surface area (Å²) in [4.78, 5) is 22.2. The van der Waals surface area contributed by atoms with Gasteiger partial charge in [0.15, 0.2) is 11.6 Å². The van der Waals surface area contributed by atoms with Gasteiger partial charge in [-0.3, -0.25) is 9.13 Å². The van der Waals surface area contributed by atoms with Gasteiger partial charge in [0.2, 0.25) is 0 Å². The minimum atomic E-state index is -0.0225. The zero-order chi connectivity index (χ0) is 16.8. The van der Waals surface area contributed by atoms with Crippen molar-refractivity contribution in [3.05, 3.63) is 39.2 Å². The minimum Gasteiger partial charge on any atom is -0.365 e. The Morgan fingerprint density at radius 3 is 2.60 bits per heavy atom. The molecule has 0 saturated heterocycles. The third kappa shape index (κ3) is 2.85. The van der Waals surface area contributed by atoms with Crippen LogP contribution in [0.25, 0.3) is 22.9 Å². The van der Waals surface area contributed by atoms with Crippen LogP contribution in [0, 0.1) is 0 Å². The van der Waals surface area contributed by atoms with Crippen LogP contribution in [0.2, 0.25) is 0 Å². The standard InChI is InChI=1S/C17H18BrN5O.ClH/c1-3-12-9-23-15(19-12)13-16(22(4-2)17(23)24)21-14(20-13)10-5-7-11(18)8-6-10;/h5-8,12,19H,3-4,9H2,1-2H3;1H. The van der Waals surface area contributed by atoms with E-state index in [9.17, 15) is 4.79 Å². The topological polar surface area (TPSA) is 64.7 Å². The molecule has 0 fully saturated rings. The normalized spacial score (nSPS) is 15.7. The first-order valence-corrected chi connectivity index (χ1v) is 8.95. The summed E-state index contributed by atoms with van der Waals surface area (Å²) < 4.78 is 4.50. The molecule has 0 amide bonds. The fourth-order valence-electron chi connectivity index (χ4n) is 3.16. The molecule has 1 aromatic carbocycles. The van der Waals surface area contributed by atoms with Crippen molar-refractivity contribution in [1.29, 1.82) is 0 Å². The number of nitrogens with zero attached hydrogens (tertiary/aromatic N) is 4. The Kier molecular flexibility index (Phi) is 4.88. The molecule has 8 heteroatoms. The Hall–Kier alpha value is -1.86. The summed E-state index contributed by atoms with van der Waals surface area (Å²) in [5, 5.41) is 3.43. The molecule has 6 nitrogen and oxygen atoms in total. The van der Waals surface area contributed by atoms with Gasteiger partial charge in [-0.25, -0.2) is 14.8 Å². The molecule has 1 atom stereocenters. The van der Waals surface area contributed by atoms with E-state index >= 15 is 0 Å². The maximum atomic E-state index is 12.8. The van der Waals surface area contributed by atoms with Crippen molar-refractivity contribution in [2.24, 2.45) is 0 Å². The van der Waals surface area contributed by atoms with Crippen LogP contribution in [0.15, 0.2) is 33.5 Å². The molecule has 1 unspecified atom stereocenters. The van der Waals surface area contributed by atoms with E-state index in [1.165, 1.54) is 0 Å². The van der Waals surface area contributed by atoms with Crippen LogP contribution in [0.3, 0.4) is 0 Å². The molecule has 0 spiro atoms. The summed E-state index contributed by atoms with van der Waals surface area (Å²) >= 11 is 3.44. The molecular weight excluding hydrogens is 406 g/mol. The zero-order valence-electron chi connectivity index (χ0n) is 14.0. The summed E-state index contributed by atoms with van der Waals surface area (Å²) in [5.41, 5.74) is 1.68. The maximum Gasteiger partial charge on any atom is 0.331 e. The van der Waals surface area contributed by atoms with Crippen molar-refractivity contribution < 1.29 is 0 Å². The lowest BCUT2D eigenvalue weighted by Gasteiger charge is -2.12. The second-order valence-electron chi connectivity index (χ2n) is 5.96. The Labute approximate surface area is 160 Å². The Balaban J connectivity index is 0.00000182. The fraction of sp³-hybridized carbons (Fsp3) is 0.353. The van der Waals surface area contributed by atoms with Crippen molar-refractivity contribution in [1.82, 2.24) is 19.1 Å². The van der Waals surface area contributed by atoms with Crippen molar-refractivity contribution in [2.45, 2.75) is 39.4 Å². The summed E-state index contributed by atoms with van der Waals surface area (Å²) in [6.07, 6.45) is 0.961. The average molecular weight is 425 g/mol. The first kappa shape index (κ1) is 17.9. The minimum absolute atomic E-state index is 0. The number of benzene rings is 1. The van der Waals surface area contributed by atoms with Crippen LogP contribution in [0.4, 0.5) is 5.82 Å². The molecular formula is C17H19BrClN5O. The second-order valence-corrected chi connectivity index (χ2v) is 6.88. The molecule has 3 aliphatic rings. The number of rotatable bonds is 3. The highest BCUT2D eigenvalue weighted by atomic mass is 79.9. The van der Waals surface area contributed by atoms with E-state index in [1.54, 1.807) is 9.13 Å². The van der Waals surface area contributed by atoms with Gasteiger partial charge in [0.25, 0.3) is 0 Å². The Morgan fingerprint density at radius 1 is 1.24 bits per heavy atom. The number of hydrogen-bond donors (Lipinski definition) is 1. The largest absolute Gasteiger partial charge is 0.365 e. The van der Waals surface area contributed by atoms with Gasteiger partial charge >= 0.3 is 5.69 Å². The van der Waals surface area contributed by atoms with E-state index in [1.807, 2.05) is 31.2 Å². The van der Waals surface area contributed by atoms with E-state index in [0.717, 1.165) is 28.0 Å². The van der Waals surface area contributed by atoms with Crippen molar-refractivity contribution in [3.8, 4) is 22.9 Å². The molecule has 0 bridgehead atoms. The van der Waals surface area contributed by atoms with Gasteiger partial charge in [0, 0.05) is 29.2 Å². The third-order valence-electron chi connectivity index (χ3n) is 4.51. The van der Waals surface area contributed by atoms with E-state index in [2.05, 4.69) is 33.2 Å². The molecule has 4 rings (SSSR count). The SMILES string of the molecule is CCC1Cn2c(c3nc(-c4ccc(Br)cc4)nc-3n(CC)c2=O)N1.Cl. The highest BCUT2D eigenvalue weighted by Gasteiger charge is 2.30. The Bertz CT molecular complexity index is 934. The summed E-state index contributed by atoms with van der Waals surface area (Å²) in [5.74, 6) is 2.09. The molecule has 0 aromatic heterocycles. The number of nitrogens with one attached hydrogen (secondary N) is 1. The number of anilines is 1. The predicted molar refractivity (Wildman–Crippen MR) is 105 cm³/mol. The molecule has 132 valence electrons. The van der Waals surface area contributed by atoms with Crippen LogP contribution in [-0.4, -0.2) is 25.1 Å². The van der Waals surface area contributed by atoms with Gasteiger partial charge in [0.05, 0.1) is 0 Å². The number of hydrogen-bond acceptors (Lipinski definition) is 4. The van der Waals surface area contributed by atoms with Crippen molar-refractivity contribution >= 4 is 34.2 Å². The molecule has 0 saturated carbocycles. The molecule has 3 aliphatic heterocycles. The lowest BCUT2D eigenvalue weighted by Crippen LogP contribution is -2.31. The van der Waals surface area contributed by atoms with Gasteiger partial charge in [0.1, 0.15) is 11.5 Å². The number of aromatic nitrogens is 4. The van der Waals surface area contributed by atoms with Crippen LogP contribution >= 0.6 is 28.3 Å². The molecule has 25 heavy (non-hydrogen) atoms. The lowest BCUT2D eigenvalue weighted by atomic mass is 10.2. The summed E-state index contributed by atoms with van der Waals surface area (Å²) in [7, 11) is 0. The maximum absolute atomic E-state index is 12.8. The van der Waals surface area contributed by atoms with Crippen LogP contribution in [0.5, 0.6) is 0 Å². The van der Waals surface area contributed by atoms with E-state index < -0.39 is 0 Å². The smallest absolute Gasteiger partial charge is 0.331 e. The highest BCUT2D eigenvalue weighted by Crippen LogP contribution is 2.33. The quantitative estimate of drug-likeness (QED) is 0.697. The third-order valence-corrected chi connectivity index (χ3v) is 5.04. The van der Waals surface area contributed by atoms with E-state index in [-0.39, 0.29) is 24.1 Å². The van der Waals surface area contributed by atoms with Crippen LogP contribution < -0.4 is 11.0 Å². The van der Waals surface area contributed by atoms with Crippen molar-refractivity contribution in [3.63, 3.8) is 0 Å². The molecule has 3 heterocycles. The second kappa shape index (κ2) is 6.80. The predicted octanol–water partition coefficient (Wildman–Crippen LogP) is 3.62. The molecule has 0 radical (unpaired) electrons. The van der Waals surface area contributed by atoms with Gasteiger partial charge in [-0.15, -0.1) is 12.4 Å². The van der Waals surface area contributed by atoms with E-state index in [0.29, 0.717) is 24.7 Å². The number of fused-ring (bicyclic) bond motifs is 3. The first-order chi connectivity index (χ1) is 11.6. The molecule has 0 aliphatic carbocycles. The van der Waals surface area contributed by atoms with Gasteiger partial charge < -0.3 is 5.32 Å². The number of imidazole rings is 1. The Morgan fingerprint density at radius 2 is 1.96 bits per heavy atom. The van der Waals surface area contributed by atoms with Gasteiger partial charge in [-0.1, -0.05) is 35.0 Å². The molecule has 1 N–H and O–H groups in total. The van der Waals surface area contributed by atoms with Crippen LogP contribution in [-0.2, 0) is 13.1 Å². The van der Waals surface area contributed by atoms with E-state index in [4.69, 9.17) is 4.98 Å². The zero-order valence-corrected chi connectivity index (χ0v) is 16.4. The van der Waals surface area contributed by atoms with Gasteiger partial charge in [-0.05, 0) is 25.5 Å². The van der Waals surface area contributed by atoms with Crippen molar-refractivity contribution in [2.75, 3.05) is 5.32 Å². The highest BCUT2D eigenvalue weighted by molar-refractivity contribution is 9.10. The first-order valence-electron chi connectivity index (χ1n) is 8.16. The fourth-order valence-corrected chi connectivity index (χ4v) is 3.42. The summed E-state index contributed by atoms with van der Waals surface area (Å²) in [6, 6.07) is 8.15. The average Bonchev–Trinajstić information content (AvgIpc) is 3.20.